The van der Waals surface area contributed by atoms with Crippen LogP contribution in [0.2, 0.25) is 5.02 Å². The van der Waals surface area contributed by atoms with Crippen LogP contribution in [0.3, 0.4) is 0 Å². The standard InChI is InChI=1S/C24H27ClFN3OS/c1-27(15-17-3-4-17)11-12-28-16-22(13-18-5-8-20(26)14-23(18)30-2)29(24(28)31)21-9-6-19(25)7-10-21/h5-10,14,16-17H,3-4,11-13,15H2,1-2H3. The number of ether oxygens (including phenoxy) is 1. The Labute approximate surface area is 192 Å². The Morgan fingerprint density at radius 3 is 2.61 bits per heavy atom. The van der Waals surface area contributed by atoms with Gasteiger partial charge >= 0.3 is 0 Å². The third-order valence-corrected chi connectivity index (χ3v) is 6.39. The number of halogens is 2. The molecule has 1 saturated carbocycles. The lowest BCUT2D eigenvalue weighted by Crippen LogP contribution is -2.25. The van der Waals surface area contributed by atoms with E-state index in [4.69, 9.17) is 28.6 Å². The monoisotopic (exact) mass is 459 g/mol. The summed E-state index contributed by atoms with van der Waals surface area (Å²) in [5, 5.41) is 0.679. The quantitative estimate of drug-likeness (QED) is 0.381. The maximum atomic E-state index is 13.7. The van der Waals surface area contributed by atoms with E-state index in [2.05, 4.69) is 27.3 Å². The van der Waals surface area contributed by atoms with Gasteiger partial charge in [0.1, 0.15) is 11.6 Å². The molecule has 0 bridgehead atoms. The van der Waals surface area contributed by atoms with Gasteiger partial charge in [-0.25, -0.2) is 4.39 Å². The number of hydrogen-bond donors (Lipinski definition) is 0. The summed E-state index contributed by atoms with van der Waals surface area (Å²) in [5.74, 6) is 1.08. The van der Waals surface area contributed by atoms with Gasteiger partial charge in [-0.2, -0.15) is 0 Å². The smallest absolute Gasteiger partial charge is 0.184 e. The Hall–Kier alpha value is -2.15. The number of nitrogens with zero attached hydrogens (tertiary/aromatic N) is 3. The van der Waals surface area contributed by atoms with Gasteiger partial charge in [0.15, 0.2) is 4.77 Å². The molecule has 0 saturated heterocycles. The molecule has 31 heavy (non-hydrogen) atoms. The highest BCUT2D eigenvalue weighted by atomic mass is 35.5. The molecule has 3 aromatic rings. The molecular formula is C24H27ClFN3OS. The first kappa shape index (κ1) is 22.1. The Bertz CT molecular complexity index is 1110. The van der Waals surface area contributed by atoms with E-state index in [1.807, 2.05) is 24.3 Å². The molecule has 0 radical (unpaired) electrons. The maximum Gasteiger partial charge on any atom is 0.184 e. The van der Waals surface area contributed by atoms with Crippen molar-refractivity contribution in [1.29, 1.82) is 0 Å². The number of imidazole rings is 1. The Balaban J connectivity index is 1.66. The summed E-state index contributed by atoms with van der Waals surface area (Å²) in [6.07, 6.45) is 5.37. The molecule has 1 aliphatic carbocycles. The van der Waals surface area contributed by atoms with E-state index in [1.54, 1.807) is 13.2 Å². The fourth-order valence-electron chi connectivity index (χ4n) is 3.87. The average molecular weight is 460 g/mol. The zero-order valence-corrected chi connectivity index (χ0v) is 19.4. The fraction of sp³-hybridized carbons (Fsp3) is 0.375. The largest absolute Gasteiger partial charge is 0.496 e. The Morgan fingerprint density at radius 2 is 1.94 bits per heavy atom. The van der Waals surface area contributed by atoms with E-state index in [1.165, 1.54) is 25.0 Å². The number of benzene rings is 2. The lowest BCUT2D eigenvalue weighted by Gasteiger charge is -2.16. The van der Waals surface area contributed by atoms with E-state index in [0.717, 1.165) is 47.3 Å². The summed E-state index contributed by atoms with van der Waals surface area (Å²) in [6, 6.07) is 12.3. The molecule has 164 valence electrons. The molecule has 4 nitrogen and oxygen atoms in total. The molecule has 1 heterocycles. The van der Waals surface area contributed by atoms with E-state index in [9.17, 15) is 4.39 Å². The lowest BCUT2D eigenvalue weighted by molar-refractivity contribution is 0.305. The minimum atomic E-state index is -0.314. The third-order valence-electron chi connectivity index (χ3n) is 5.72. The van der Waals surface area contributed by atoms with Crippen LogP contribution in [-0.4, -0.2) is 41.3 Å². The molecule has 1 aromatic heterocycles. The van der Waals surface area contributed by atoms with Crippen molar-refractivity contribution in [2.75, 3.05) is 27.2 Å². The Morgan fingerprint density at radius 1 is 1.19 bits per heavy atom. The van der Waals surface area contributed by atoms with Crippen molar-refractivity contribution >= 4 is 23.8 Å². The molecule has 0 spiro atoms. The van der Waals surface area contributed by atoms with E-state index < -0.39 is 0 Å². The summed E-state index contributed by atoms with van der Waals surface area (Å²) < 4.78 is 24.0. The molecule has 1 fully saturated rings. The topological polar surface area (TPSA) is 22.3 Å². The second kappa shape index (κ2) is 9.55. The number of methoxy groups -OCH3 is 1. The molecule has 0 atom stereocenters. The zero-order valence-electron chi connectivity index (χ0n) is 17.9. The first-order chi connectivity index (χ1) is 14.9. The predicted octanol–water partition coefficient (Wildman–Crippen LogP) is 5.74. The number of likely N-dealkylation sites (N-methyl/N-ethyl adjacent to an activating group) is 1. The van der Waals surface area contributed by atoms with Crippen molar-refractivity contribution in [2.45, 2.75) is 25.8 Å². The predicted molar refractivity (Wildman–Crippen MR) is 126 cm³/mol. The average Bonchev–Trinajstić information content (AvgIpc) is 3.51. The highest BCUT2D eigenvalue weighted by Crippen LogP contribution is 2.29. The summed E-state index contributed by atoms with van der Waals surface area (Å²) in [5.41, 5.74) is 2.88. The van der Waals surface area contributed by atoms with Gasteiger partial charge in [-0.1, -0.05) is 17.7 Å². The molecule has 0 N–H and O–H groups in total. The van der Waals surface area contributed by atoms with Crippen molar-refractivity contribution in [2.24, 2.45) is 5.92 Å². The van der Waals surface area contributed by atoms with Crippen molar-refractivity contribution in [3.63, 3.8) is 0 Å². The van der Waals surface area contributed by atoms with Crippen molar-refractivity contribution in [1.82, 2.24) is 14.0 Å². The van der Waals surface area contributed by atoms with Gasteiger partial charge in [0, 0.05) is 60.3 Å². The Kier molecular flexibility index (Phi) is 6.80. The van der Waals surface area contributed by atoms with Crippen molar-refractivity contribution < 1.29 is 9.13 Å². The van der Waals surface area contributed by atoms with Crippen LogP contribution in [0.4, 0.5) is 4.39 Å². The second-order valence-corrected chi connectivity index (χ2v) is 9.05. The van der Waals surface area contributed by atoms with Crippen LogP contribution in [0.25, 0.3) is 5.69 Å². The summed E-state index contributed by atoms with van der Waals surface area (Å²) in [6.45, 7) is 2.90. The van der Waals surface area contributed by atoms with Gasteiger partial charge in [-0.05, 0) is 68.4 Å². The van der Waals surface area contributed by atoms with Gasteiger partial charge in [0.2, 0.25) is 0 Å². The first-order valence-corrected chi connectivity index (χ1v) is 11.3. The van der Waals surface area contributed by atoms with E-state index in [0.29, 0.717) is 17.2 Å². The van der Waals surface area contributed by atoms with Crippen LogP contribution < -0.4 is 4.74 Å². The number of aromatic nitrogens is 2. The first-order valence-electron chi connectivity index (χ1n) is 10.5. The normalized spacial score (nSPS) is 13.7. The van der Waals surface area contributed by atoms with Crippen LogP contribution in [-0.2, 0) is 13.0 Å². The molecule has 7 heteroatoms. The van der Waals surface area contributed by atoms with Gasteiger partial charge in [-0.3, -0.25) is 4.57 Å². The molecule has 4 rings (SSSR count). The SMILES string of the molecule is COc1cc(F)ccc1Cc1cn(CCN(C)CC2CC2)c(=S)n1-c1ccc(Cl)cc1. The van der Waals surface area contributed by atoms with Gasteiger partial charge < -0.3 is 14.2 Å². The minimum Gasteiger partial charge on any atom is -0.496 e. The lowest BCUT2D eigenvalue weighted by atomic mass is 10.1. The summed E-state index contributed by atoms with van der Waals surface area (Å²) in [4.78, 5) is 2.38. The highest BCUT2D eigenvalue weighted by molar-refractivity contribution is 7.71. The fourth-order valence-corrected chi connectivity index (χ4v) is 4.36. The molecule has 0 amide bonds. The van der Waals surface area contributed by atoms with Crippen molar-refractivity contribution in [3.05, 3.63) is 75.5 Å². The number of hydrogen-bond acceptors (Lipinski definition) is 3. The van der Waals surface area contributed by atoms with Crippen molar-refractivity contribution in [3.8, 4) is 11.4 Å². The van der Waals surface area contributed by atoms with E-state index in [-0.39, 0.29) is 5.82 Å². The van der Waals surface area contributed by atoms with E-state index >= 15 is 0 Å². The van der Waals surface area contributed by atoms with Crippen LogP contribution >= 0.6 is 23.8 Å². The third kappa shape index (κ3) is 5.37. The van der Waals surface area contributed by atoms with Gasteiger partial charge in [-0.15, -0.1) is 0 Å². The van der Waals surface area contributed by atoms with Gasteiger partial charge in [0.05, 0.1) is 7.11 Å². The van der Waals surface area contributed by atoms with Crippen LogP contribution in [0.15, 0.2) is 48.7 Å². The number of rotatable bonds is 9. The highest BCUT2D eigenvalue weighted by Gasteiger charge is 2.22. The summed E-state index contributed by atoms with van der Waals surface area (Å²) >= 11 is 12.0. The van der Waals surface area contributed by atoms with Crippen LogP contribution in [0.1, 0.15) is 24.1 Å². The second-order valence-electron chi connectivity index (χ2n) is 8.25. The molecule has 2 aromatic carbocycles. The maximum absolute atomic E-state index is 13.7. The zero-order chi connectivity index (χ0) is 22.0. The molecular weight excluding hydrogens is 433 g/mol. The minimum absolute atomic E-state index is 0.314. The van der Waals surface area contributed by atoms with Crippen LogP contribution in [0.5, 0.6) is 5.75 Å². The molecule has 1 aliphatic rings. The van der Waals surface area contributed by atoms with Gasteiger partial charge in [0.25, 0.3) is 0 Å². The summed E-state index contributed by atoms with van der Waals surface area (Å²) in [7, 11) is 3.73. The molecule has 0 aliphatic heterocycles. The molecule has 0 unspecified atom stereocenters. The van der Waals surface area contributed by atoms with Crippen LogP contribution in [0, 0.1) is 16.5 Å².